The Morgan fingerprint density at radius 3 is 1.39 bits per heavy atom. The molecule has 0 bridgehead atoms. The fourth-order valence-electron chi connectivity index (χ4n) is 4.54. The van der Waals surface area contributed by atoms with Crippen LogP contribution in [0.15, 0.2) is 36.4 Å². The van der Waals surface area contributed by atoms with Crippen molar-refractivity contribution >= 4 is 44.9 Å². The molecule has 0 amide bonds. The first-order chi connectivity index (χ1) is 13.7. The van der Waals surface area contributed by atoms with Crippen molar-refractivity contribution in [3.8, 4) is 0 Å². The van der Waals surface area contributed by atoms with Crippen LogP contribution >= 0.6 is 0 Å². The minimum atomic E-state index is 0.750. The van der Waals surface area contributed by atoms with Gasteiger partial charge in [0.1, 0.15) is 0 Å². The monoisotopic (exact) mass is 370 g/mol. The molecule has 0 radical (unpaired) electrons. The summed E-state index contributed by atoms with van der Waals surface area (Å²) in [5, 5.41) is 6.72. The van der Waals surface area contributed by atoms with E-state index in [1.54, 1.807) is 0 Å². The highest BCUT2D eigenvalue weighted by Gasteiger charge is 2.17. The lowest BCUT2D eigenvalue weighted by Gasteiger charge is -2.18. The highest BCUT2D eigenvalue weighted by Crippen LogP contribution is 2.40. The summed E-state index contributed by atoms with van der Waals surface area (Å²) >= 11 is 0. The molecule has 4 aromatic carbocycles. The smallest absolute Gasteiger partial charge is 0.150 e. The van der Waals surface area contributed by atoms with Crippen molar-refractivity contribution in [3.05, 3.63) is 58.7 Å². The van der Waals surface area contributed by atoms with Crippen LogP contribution in [0.3, 0.4) is 0 Å². The Hall–Kier alpha value is -2.74. The largest absolute Gasteiger partial charge is 0.298 e. The number of hydrogen-bond donors (Lipinski definition) is 0. The average molecular weight is 370 g/mol. The summed E-state index contributed by atoms with van der Waals surface area (Å²) in [4.78, 5) is 23.7. The molecule has 0 aromatic heterocycles. The van der Waals surface area contributed by atoms with Gasteiger partial charge in [-0.2, -0.15) is 0 Å². The molecular weight excluding hydrogens is 344 g/mol. The summed E-state index contributed by atoms with van der Waals surface area (Å²) in [6.07, 6.45) is 8.32. The van der Waals surface area contributed by atoms with Gasteiger partial charge in [0, 0.05) is 11.1 Å². The molecule has 2 heteroatoms. The van der Waals surface area contributed by atoms with E-state index in [0.717, 1.165) is 83.8 Å². The molecule has 0 N–H and O–H groups in total. The van der Waals surface area contributed by atoms with Crippen LogP contribution in [-0.2, 0) is 12.8 Å². The van der Waals surface area contributed by atoms with Crippen molar-refractivity contribution in [2.75, 3.05) is 0 Å². The van der Waals surface area contributed by atoms with Crippen LogP contribution in [0.25, 0.3) is 32.3 Å². The second-order valence-corrected chi connectivity index (χ2v) is 7.76. The number of rotatable bonds is 8. The lowest BCUT2D eigenvalue weighted by Crippen LogP contribution is -1.98. The van der Waals surface area contributed by atoms with Gasteiger partial charge >= 0.3 is 0 Å². The molecule has 0 atom stereocenters. The van der Waals surface area contributed by atoms with E-state index in [4.69, 9.17) is 0 Å². The van der Waals surface area contributed by atoms with Gasteiger partial charge in [-0.1, -0.05) is 51.0 Å². The molecule has 0 unspecified atom stereocenters. The van der Waals surface area contributed by atoms with Crippen molar-refractivity contribution in [1.82, 2.24) is 0 Å². The van der Waals surface area contributed by atoms with Crippen molar-refractivity contribution in [2.45, 2.75) is 52.4 Å². The van der Waals surface area contributed by atoms with Crippen LogP contribution in [0.1, 0.15) is 71.4 Å². The van der Waals surface area contributed by atoms with E-state index >= 15 is 0 Å². The molecule has 0 heterocycles. The fourth-order valence-corrected chi connectivity index (χ4v) is 4.54. The third kappa shape index (κ3) is 2.88. The standard InChI is InChI=1S/C26H26O2/c1-3-5-7-17-13-19(15-27)23-12-10-22-18(8-6-4-2)14-20(16-28)24-11-9-21(17)25(23)26(22)24/h9-16H,3-8H2,1-2H3. The van der Waals surface area contributed by atoms with E-state index in [-0.39, 0.29) is 0 Å². The molecule has 4 aromatic rings. The predicted octanol–water partition coefficient (Wildman–Crippen LogP) is 6.89. The molecule has 0 spiro atoms. The van der Waals surface area contributed by atoms with Gasteiger partial charge in [0.05, 0.1) is 0 Å². The molecule has 0 aliphatic heterocycles. The Bertz CT molecular complexity index is 1080. The lowest BCUT2D eigenvalue weighted by atomic mass is 9.85. The third-order valence-electron chi connectivity index (χ3n) is 5.99. The molecule has 4 rings (SSSR count). The first-order valence-electron chi connectivity index (χ1n) is 10.4. The zero-order valence-electron chi connectivity index (χ0n) is 16.7. The van der Waals surface area contributed by atoms with E-state index in [2.05, 4.69) is 50.2 Å². The Labute approximate surface area is 165 Å². The zero-order valence-corrected chi connectivity index (χ0v) is 16.7. The maximum atomic E-state index is 11.9. The summed E-state index contributed by atoms with van der Waals surface area (Å²) in [7, 11) is 0. The van der Waals surface area contributed by atoms with E-state index in [1.807, 2.05) is 0 Å². The van der Waals surface area contributed by atoms with E-state index in [1.165, 1.54) is 21.9 Å². The molecule has 2 nitrogen and oxygen atoms in total. The minimum Gasteiger partial charge on any atom is -0.298 e. The van der Waals surface area contributed by atoms with E-state index in [0.29, 0.717) is 0 Å². The Morgan fingerprint density at radius 2 is 1.04 bits per heavy atom. The normalized spacial score (nSPS) is 11.6. The van der Waals surface area contributed by atoms with Gasteiger partial charge in [-0.25, -0.2) is 0 Å². The Kier molecular flexibility index (Phi) is 5.13. The lowest BCUT2D eigenvalue weighted by molar-refractivity contribution is 0.111. The molecular formula is C26H26O2. The molecule has 0 aliphatic carbocycles. The first-order valence-corrected chi connectivity index (χ1v) is 10.4. The van der Waals surface area contributed by atoms with Gasteiger partial charge in [0.2, 0.25) is 0 Å². The van der Waals surface area contributed by atoms with Crippen molar-refractivity contribution in [1.29, 1.82) is 0 Å². The first kappa shape index (κ1) is 18.6. The van der Waals surface area contributed by atoms with Gasteiger partial charge in [0.25, 0.3) is 0 Å². The van der Waals surface area contributed by atoms with Crippen LogP contribution in [-0.4, -0.2) is 12.6 Å². The Morgan fingerprint density at radius 1 is 0.643 bits per heavy atom. The SMILES string of the molecule is CCCCc1cc(C=O)c2ccc3c(CCCC)cc(C=O)c4ccc1c2c43. The summed E-state index contributed by atoms with van der Waals surface area (Å²) in [6.45, 7) is 4.37. The number of aryl methyl sites for hydroxylation is 2. The van der Waals surface area contributed by atoms with Crippen LogP contribution in [0.5, 0.6) is 0 Å². The number of unbranched alkanes of at least 4 members (excludes halogenated alkanes) is 2. The van der Waals surface area contributed by atoms with Crippen LogP contribution < -0.4 is 0 Å². The molecule has 0 saturated carbocycles. The van der Waals surface area contributed by atoms with Gasteiger partial charge in [-0.3, -0.25) is 9.59 Å². The summed E-state index contributed by atoms with van der Waals surface area (Å²) in [5.41, 5.74) is 3.97. The predicted molar refractivity (Wildman–Crippen MR) is 118 cm³/mol. The van der Waals surface area contributed by atoms with Gasteiger partial charge < -0.3 is 0 Å². The highest BCUT2D eigenvalue weighted by molar-refractivity contribution is 6.28. The van der Waals surface area contributed by atoms with Gasteiger partial charge in [-0.15, -0.1) is 0 Å². The summed E-state index contributed by atoms with van der Waals surface area (Å²) < 4.78 is 0. The second kappa shape index (κ2) is 7.71. The van der Waals surface area contributed by atoms with E-state index in [9.17, 15) is 9.59 Å². The summed E-state index contributed by atoms with van der Waals surface area (Å²) in [6, 6.07) is 12.6. The van der Waals surface area contributed by atoms with Crippen molar-refractivity contribution < 1.29 is 9.59 Å². The molecule has 0 aliphatic rings. The second-order valence-electron chi connectivity index (χ2n) is 7.76. The van der Waals surface area contributed by atoms with Crippen molar-refractivity contribution in [3.63, 3.8) is 0 Å². The van der Waals surface area contributed by atoms with Crippen LogP contribution in [0.4, 0.5) is 0 Å². The number of hydrogen-bond acceptors (Lipinski definition) is 2. The summed E-state index contributed by atoms with van der Waals surface area (Å²) in [5.74, 6) is 0. The average Bonchev–Trinajstić information content (AvgIpc) is 2.74. The number of carbonyl (C=O) groups excluding carboxylic acids is 2. The van der Waals surface area contributed by atoms with Crippen molar-refractivity contribution in [2.24, 2.45) is 0 Å². The molecule has 142 valence electrons. The minimum absolute atomic E-state index is 0.750. The topological polar surface area (TPSA) is 34.1 Å². The van der Waals surface area contributed by atoms with Crippen LogP contribution in [0, 0.1) is 0 Å². The zero-order chi connectivity index (χ0) is 19.7. The molecule has 0 fully saturated rings. The van der Waals surface area contributed by atoms with Crippen LogP contribution in [0.2, 0.25) is 0 Å². The van der Waals surface area contributed by atoms with E-state index < -0.39 is 0 Å². The fraction of sp³-hybridized carbons (Fsp3) is 0.308. The maximum Gasteiger partial charge on any atom is 0.150 e. The third-order valence-corrected chi connectivity index (χ3v) is 5.99. The number of carbonyl (C=O) groups is 2. The van der Waals surface area contributed by atoms with Gasteiger partial charge in [0.15, 0.2) is 12.6 Å². The maximum absolute atomic E-state index is 11.9. The number of benzene rings is 4. The molecule has 0 saturated heterocycles. The Balaban J connectivity index is 2.16. The molecule has 28 heavy (non-hydrogen) atoms. The number of aldehydes is 2. The highest BCUT2D eigenvalue weighted by atomic mass is 16.1. The quantitative estimate of drug-likeness (QED) is 0.250. The van der Waals surface area contributed by atoms with Gasteiger partial charge in [-0.05, 0) is 81.3 Å².